The fourth-order valence-electron chi connectivity index (χ4n) is 3.18. The summed E-state index contributed by atoms with van der Waals surface area (Å²) in [5.74, 6) is -0.258. The average Bonchev–Trinajstić information content (AvgIpc) is 2.74. The van der Waals surface area contributed by atoms with Crippen LogP contribution >= 0.6 is 0 Å². The maximum atomic E-state index is 13.2. The van der Waals surface area contributed by atoms with Gasteiger partial charge < -0.3 is 5.32 Å². The van der Waals surface area contributed by atoms with E-state index in [1.165, 1.54) is 12.1 Å². The van der Waals surface area contributed by atoms with Gasteiger partial charge in [0.05, 0.1) is 4.92 Å². The van der Waals surface area contributed by atoms with Crippen molar-refractivity contribution in [1.82, 2.24) is 0 Å². The Labute approximate surface area is 169 Å². The molecule has 146 valence electrons. The highest BCUT2D eigenvalue weighted by atomic mass is 16.6. The quantitative estimate of drug-likeness (QED) is 0.258. The smallest absolute Gasteiger partial charge is 0.270 e. The molecule has 0 aromatic heterocycles. The molecule has 0 bridgehead atoms. The van der Waals surface area contributed by atoms with Gasteiger partial charge in [-0.15, -0.1) is 0 Å². The molecule has 1 N–H and O–H groups in total. The van der Waals surface area contributed by atoms with E-state index in [1.54, 1.807) is 18.2 Å². The Morgan fingerprint density at radius 1 is 1.03 bits per heavy atom. The third-order valence-corrected chi connectivity index (χ3v) is 4.70. The molecule has 0 unspecified atom stereocenters. The van der Waals surface area contributed by atoms with Crippen molar-refractivity contribution in [2.24, 2.45) is 0 Å². The van der Waals surface area contributed by atoms with Gasteiger partial charge in [0.25, 0.3) is 11.6 Å². The second-order valence-corrected chi connectivity index (χ2v) is 6.69. The maximum Gasteiger partial charge on any atom is 0.270 e. The first-order chi connectivity index (χ1) is 14.0. The maximum absolute atomic E-state index is 13.2. The predicted molar refractivity (Wildman–Crippen MR) is 117 cm³/mol. The molecule has 0 saturated heterocycles. The fourth-order valence-corrected chi connectivity index (χ4v) is 3.18. The van der Waals surface area contributed by atoms with Gasteiger partial charge >= 0.3 is 0 Å². The van der Waals surface area contributed by atoms with Crippen LogP contribution in [0.4, 0.5) is 11.4 Å². The number of nitro groups is 1. The molecule has 0 radical (unpaired) electrons. The van der Waals surface area contributed by atoms with Gasteiger partial charge in [-0.2, -0.15) is 0 Å². The standard InChI is InChI=1S/C24H22N2O3/c1-3-19-13-7-9-17(2)23(19)25-24(27)22(20-11-5-4-6-12-20)16-18-10-8-14-21(15-18)26(28)29/h4-16H,3H2,1-2H3,(H,25,27). The summed E-state index contributed by atoms with van der Waals surface area (Å²) in [5, 5.41) is 14.1. The molecule has 0 aliphatic heterocycles. The normalized spacial score (nSPS) is 11.2. The van der Waals surface area contributed by atoms with Crippen molar-refractivity contribution in [3.05, 3.63) is 105 Å². The molecule has 0 fully saturated rings. The lowest BCUT2D eigenvalue weighted by Crippen LogP contribution is -2.15. The number of benzene rings is 3. The molecular formula is C24H22N2O3. The van der Waals surface area contributed by atoms with Crippen LogP contribution in [0.1, 0.15) is 29.2 Å². The number of para-hydroxylation sites is 1. The number of hydrogen-bond donors (Lipinski definition) is 1. The van der Waals surface area contributed by atoms with Crippen molar-refractivity contribution >= 4 is 28.9 Å². The lowest BCUT2D eigenvalue weighted by molar-refractivity contribution is -0.384. The topological polar surface area (TPSA) is 72.2 Å². The Hall–Kier alpha value is -3.73. The van der Waals surface area contributed by atoms with Crippen LogP contribution in [0.25, 0.3) is 11.6 Å². The van der Waals surface area contributed by atoms with Crippen LogP contribution in [0.2, 0.25) is 0 Å². The van der Waals surface area contributed by atoms with Gasteiger partial charge in [0.1, 0.15) is 0 Å². The van der Waals surface area contributed by atoms with Crippen LogP contribution in [0.3, 0.4) is 0 Å². The van der Waals surface area contributed by atoms with E-state index in [9.17, 15) is 14.9 Å². The van der Waals surface area contributed by atoms with E-state index < -0.39 is 4.92 Å². The van der Waals surface area contributed by atoms with E-state index in [2.05, 4.69) is 5.32 Å². The number of non-ortho nitro benzene ring substituents is 1. The first-order valence-corrected chi connectivity index (χ1v) is 9.41. The summed E-state index contributed by atoms with van der Waals surface area (Å²) in [6.45, 7) is 4.00. The Bertz CT molecular complexity index is 1070. The van der Waals surface area contributed by atoms with Crippen molar-refractivity contribution in [2.75, 3.05) is 5.32 Å². The van der Waals surface area contributed by atoms with E-state index in [4.69, 9.17) is 0 Å². The number of amides is 1. The fraction of sp³-hybridized carbons (Fsp3) is 0.125. The number of carbonyl (C=O) groups is 1. The number of anilines is 1. The SMILES string of the molecule is CCc1cccc(C)c1NC(=O)C(=Cc1cccc([N+](=O)[O-])c1)c1ccccc1. The molecule has 5 heteroatoms. The zero-order chi connectivity index (χ0) is 20.8. The Kier molecular flexibility index (Phi) is 6.19. The number of nitrogens with one attached hydrogen (secondary N) is 1. The predicted octanol–water partition coefficient (Wildman–Crippen LogP) is 5.64. The number of hydrogen-bond acceptors (Lipinski definition) is 3. The Balaban J connectivity index is 2.04. The summed E-state index contributed by atoms with van der Waals surface area (Å²) < 4.78 is 0. The lowest BCUT2D eigenvalue weighted by atomic mass is 10.0. The van der Waals surface area contributed by atoms with Crippen LogP contribution < -0.4 is 5.32 Å². The molecule has 0 heterocycles. The van der Waals surface area contributed by atoms with E-state index in [-0.39, 0.29) is 11.6 Å². The molecule has 1 amide bonds. The Morgan fingerprint density at radius 3 is 2.45 bits per heavy atom. The van der Waals surface area contributed by atoms with Crippen molar-refractivity contribution in [2.45, 2.75) is 20.3 Å². The third kappa shape index (κ3) is 4.76. The number of rotatable bonds is 6. The monoisotopic (exact) mass is 386 g/mol. The molecule has 3 rings (SSSR count). The summed E-state index contributed by atoms with van der Waals surface area (Å²) >= 11 is 0. The van der Waals surface area contributed by atoms with E-state index in [0.717, 1.165) is 28.8 Å². The minimum atomic E-state index is -0.444. The van der Waals surface area contributed by atoms with Crippen molar-refractivity contribution in [3.63, 3.8) is 0 Å². The summed E-state index contributed by atoms with van der Waals surface area (Å²) in [6, 6.07) is 21.5. The van der Waals surface area contributed by atoms with Gasteiger partial charge in [-0.25, -0.2) is 0 Å². The molecule has 5 nitrogen and oxygen atoms in total. The molecule has 0 spiro atoms. The van der Waals surface area contributed by atoms with Gasteiger partial charge in [-0.05, 0) is 41.7 Å². The number of nitro benzene ring substituents is 1. The zero-order valence-corrected chi connectivity index (χ0v) is 16.4. The molecular weight excluding hydrogens is 364 g/mol. The van der Waals surface area contributed by atoms with E-state index in [1.807, 2.05) is 62.4 Å². The number of aryl methyl sites for hydroxylation is 2. The highest BCUT2D eigenvalue weighted by Crippen LogP contribution is 2.26. The Morgan fingerprint density at radius 2 is 1.76 bits per heavy atom. The first-order valence-electron chi connectivity index (χ1n) is 9.41. The van der Waals surface area contributed by atoms with Crippen molar-refractivity contribution in [1.29, 1.82) is 0 Å². The van der Waals surface area contributed by atoms with Gasteiger partial charge in [0, 0.05) is 23.4 Å². The summed E-state index contributed by atoms with van der Waals surface area (Å²) in [5.41, 5.74) is 4.61. The van der Waals surface area contributed by atoms with E-state index in [0.29, 0.717) is 11.1 Å². The number of nitrogens with zero attached hydrogens (tertiary/aromatic N) is 1. The minimum Gasteiger partial charge on any atom is -0.321 e. The van der Waals surface area contributed by atoms with E-state index >= 15 is 0 Å². The minimum absolute atomic E-state index is 0.0151. The second kappa shape index (κ2) is 8.97. The number of carbonyl (C=O) groups excluding carboxylic acids is 1. The van der Waals surface area contributed by atoms with Crippen LogP contribution in [0.15, 0.2) is 72.8 Å². The van der Waals surface area contributed by atoms with Gasteiger partial charge in [-0.3, -0.25) is 14.9 Å². The summed E-state index contributed by atoms with van der Waals surface area (Å²) in [6.07, 6.45) is 2.48. The highest BCUT2D eigenvalue weighted by Gasteiger charge is 2.16. The van der Waals surface area contributed by atoms with Crippen molar-refractivity contribution < 1.29 is 9.72 Å². The average molecular weight is 386 g/mol. The molecule has 29 heavy (non-hydrogen) atoms. The largest absolute Gasteiger partial charge is 0.321 e. The van der Waals surface area contributed by atoms with Crippen LogP contribution in [0.5, 0.6) is 0 Å². The molecule has 3 aromatic rings. The lowest BCUT2D eigenvalue weighted by Gasteiger charge is -2.15. The first kappa shape index (κ1) is 20.0. The van der Waals surface area contributed by atoms with Gasteiger partial charge in [0.2, 0.25) is 0 Å². The van der Waals surface area contributed by atoms with Crippen LogP contribution in [0, 0.1) is 17.0 Å². The summed E-state index contributed by atoms with van der Waals surface area (Å²) in [4.78, 5) is 23.9. The third-order valence-electron chi connectivity index (χ3n) is 4.70. The molecule has 0 aliphatic rings. The van der Waals surface area contributed by atoms with Crippen LogP contribution in [-0.4, -0.2) is 10.8 Å². The molecule has 0 atom stereocenters. The van der Waals surface area contributed by atoms with Gasteiger partial charge in [-0.1, -0.05) is 67.6 Å². The van der Waals surface area contributed by atoms with Gasteiger partial charge in [0.15, 0.2) is 0 Å². The van der Waals surface area contributed by atoms with Crippen molar-refractivity contribution in [3.8, 4) is 0 Å². The highest BCUT2D eigenvalue weighted by molar-refractivity contribution is 6.29. The second-order valence-electron chi connectivity index (χ2n) is 6.69. The molecule has 0 aliphatic carbocycles. The van der Waals surface area contributed by atoms with Crippen LogP contribution in [-0.2, 0) is 11.2 Å². The molecule has 3 aromatic carbocycles. The zero-order valence-electron chi connectivity index (χ0n) is 16.4. The summed E-state index contributed by atoms with van der Waals surface area (Å²) in [7, 11) is 0. The molecule has 0 saturated carbocycles.